The molecule has 1 fully saturated rings. The monoisotopic (exact) mass is 350 g/mol. The molecular formula is C20H22N4O2. The molecule has 1 aliphatic rings. The Morgan fingerprint density at radius 3 is 2.69 bits per heavy atom. The zero-order chi connectivity index (χ0) is 17.9. The molecule has 3 aromatic rings. The number of rotatable bonds is 7. The van der Waals surface area contributed by atoms with Crippen LogP contribution in [-0.4, -0.2) is 22.0 Å². The van der Waals surface area contributed by atoms with Crippen molar-refractivity contribution in [3.8, 4) is 11.5 Å². The third-order valence-corrected chi connectivity index (χ3v) is 4.74. The highest BCUT2D eigenvalue weighted by Gasteiger charge is 2.24. The quantitative estimate of drug-likeness (QED) is 0.686. The van der Waals surface area contributed by atoms with E-state index >= 15 is 0 Å². The SMILES string of the molecule is NC(=O)CNCc1nc2ccc(Oc3ccccc3)cc2n1C1CCC1. The summed E-state index contributed by atoms with van der Waals surface area (Å²) in [5, 5.41) is 3.07. The van der Waals surface area contributed by atoms with E-state index in [1.165, 1.54) is 6.42 Å². The largest absolute Gasteiger partial charge is 0.457 e. The lowest BCUT2D eigenvalue weighted by molar-refractivity contribution is -0.117. The molecule has 134 valence electrons. The summed E-state index contributed by atoms with van der Waals surface area (Å²) in [6.07, 6.45) is 3.54. The number of ether oxygens (including phenoxy) is 1. The number of hydrogen-bond donors (Lipinski definition) is 2. The van der Waals surface area contributed by atoms with Gasteiger partial charge < -0.3 is 20.4 Å². The molecule has 6 heteroatoms. The molecular weight excluding hydrogens is 328 g/mol. The minimum atomic E-state index is -0.366. The Kier molecular flexibility index (Phi) is 4.58. The van der Waals surface area contributed by atoms with E-state index in [2.05, 4.69) is 9.88 Å². The third kappa shape index (κ3) is 3.41. The van der Waals surface area contributed by atoms with E-state index < -0.39 is 0 Å². The smallest absolute Gasteiger partial charge is 0.231 e. The zero-order valence-electron chi connectivity index (χ0n) is 14.5. The molecule has 26 heavy (non-hydrogen) atoms. The fourth-order valence-electron chi connectivity index (χ4n) is 3.29. The van der Waals surface area contributed by atoms with Gasteiger partial charge in [-0.3, -0.25) is 4.79 Å². The molecule has 0 unspecified atom stereocenters. The second-order valence-electron chi connectivity index (χ2n) is 6.62. The Morgan fingerprint density at radius 1 is 1.19 bits per heavy atom. The summed E-state index contributed by atoms with van der Waals surface area (Å²) in [6, 6.07) is 16.2. The Morgan fingerprint density at radius 2 is 2.00 bits per heavy atom. The van der Waals surface area contributed by atoms with Crippen molar-refractivity contribution >= 4 is 16.9 Å². The van der Waals surface area contributed by atoms with Gasteiger partial charge in [0.25, 0.3) is 0 Å². The first-order valence-electron chi connectivity index (χ1n) is 8.93. The van der Waals surface area contributed by atoms with E-state index in [1.54, 1.807) is 0 Å². The molecule has 0 bridgehead atoms. The lowest BCUT2D eigenvalue weighted by atomic mass is 9.92. The van der Waals surface area contributed by atoms with Gasteiger partial charge in [0.1, 0.15) is 17.3 Å². The summed E-state index contributed by atoms with van der Waals surface area (Å²) in [4.78, 5) is 15.7. The fourth-order valence-corrected chi connectivity index (χ4v) is 3.29. The van der Waals surface area contributed by atoms with Gasteiger partial charge in [0.15, 0.2) is 0 Å². The van der Waals surface area contributed by atoms with E-state index in [1.807, 2.05) is 48.5 Å². The number of aromatic nitrogens is 2. The zero-order valence-corrected chi connectivity index (χ0v) is 14.5. The Balaban J connectivity index is 1.65. The number of nitrogens with zero attached hydrogens (tertiary/aromatic N) is 2. The Hall–Kier alpha value is -2.86. The van der Waals surface area contributed by atoms with Crippen LogP contribution in [0.2, 0.25) is 0 Å². The van der Waals surface area contributed by atoms with Crippen molar-refractivity contribution in [1.29, 1.82) is 0 Å². The number of nitrogens with one attached hydrogen (secondary N) is 1. The summed E-state index contributed by atoms with van der Waals surface area (Å²) >= 11 is 0. The van der Waals surface area contributed by atoms with Crippen molar-refractivity contribution in [1.82, 2.24) is 14.9 Å². The summed E-state index contributed by atoms with van der Waals surface area (Å²) in [7, 11) is 0. The normalized spacial score (nSPS) is 14.3. The van der Waals surface area contributed by atoms with Crippen LogP contribution in [0.1, 0.15) is 31.1 Å². The maximum atomic E-state index is 11.0. The number of amides is 1. The Bertz CT molecular complexity index is 916. The highest BCUT2D eigenvalue weighted by atomic mass is 16.5. The van der Waals surface area contributed by atoms with Crippen LogP contribution in [0.4, 0.5) is 0 Å². The lowest BCUT2D eigenvalue weighted by Crippen LogP contribution is -2.30. The van der Waals surface area contributed by atoms with Crippen molar-refractivity contribution in [2.45, 2.75) is 31.8 Å². The van der Waals surface area contributed by atoms with Crippen LogP contribution in [0.15, 0.2) is 48.5 Å². The first-order chi connectivity index (χ1) is 12.7. The van der Waals surface area contributed by atoms with Gasteiger partial charge in [-0.25, -0.2) is 4.98 Å². The minimum absolute atomic E-state index is 0.149. The van der Waals surface area contributed by atoms with Gasteiger partial charge >= 0.3 is 0 Å². The molecule has 0 spiro atoms. The second-order valence-corrected chi connectivity index (χ2v) is 6.62. The van der Waals surface area contributed by atoms with Crippen LogP contribution in [0, 0.1) is 0 Å². The van der Waals surface area contributed by atoms with Crippen LogP contribution >= 0.6 is 0 Å². The molecule has 4 rings (SSSR count). The van der Waals surface area contributed by atoms with E-state index in [0.29, 0.717) is 12.6 Å². The average molecular weight is 350 g/mol. The van der Waals surface area contributed by atoms with Crippen LogP contribution in [0.5, 0.6) is 11.5 Å². The lowest BCUT2D eigenvalue weighted by Gasteiger charge is -2.29. The standard InChI is InChI=1S/C20H22N4O2/c21-19(25)12-22-13-20-23-17-10-9-16(26-15-7-2-1-3-8-15)11-18(17)24(20)14-5-4-6-14/h1-3,7-11,14,22H,4-6,12-13H2,(H2,21,25). The molecule has 1 saturated carbocycles. The summed E-state index contributed by atoms with van der Waals surface area (Å²) in [5.74, 6) is 2.17. The van der Waals surface area contributed by atoms with Crippen LogP contribution in [-0.2, 0) is 11.3 Å². The van der Waals surface area contributed by atoms with E-state index in [-0.39, 0.29) is 12.5 Å². The number of hydrogen-bond acceptors (Lipinski definition) is 4. The van der Waals surface area contributed by atoms with Crippen molar-refractivity contribution in [2.24, 2.45) is 5.73 Å². The predicted octanol–water partition coefficient (Wildman–Crippen LogP) is 3.13. The van der Waals surface area contributed by atoms with Gasteiger partial charge in [-0.2, -0.15) is 0 Å². The first-order valence-corrected chi connectivity index (χ1v) is 8.93. The first kappa shape index (κ1) is 16.6. The molecule has 0 aliphatic heterocycles. The molecule has 1 heterocycles. The number of para-hydroxylation sites is 1. The van der Waals surface area contributed by atoms with E-state index in [9.17, 15) is 4.79 Å². The van der Waals surface area contributed by atoms with Gasteiger partial charge in [0.05, 0.1) is 24.1 Å². The molecule has 3 N–H and O–H groups in total. The van der Waals surface area contributed by atoms with Gasteiger partial charge in [0, 0.05) is 12.1 Å². The van der Waals surface area contributed by atoms with E-state index in [4.69, 9.17) is 15.5 Å². The van der Waals surface area contributed by atoms with Gasteiger partial charge in [0.2, 0.25) is 5.91 Å². The van der Waals surface area contributed by atoms with Crippen molar-refractivity contribution in [3.05, 3.63) is 54.4 Å². The number of nitrogens with two attached hydrogens (primary N) is 1. The number of fused-ring (bicyclic) bond motifs is 1. The van der Waals surface area contributed by atoms with Crippen molar-refractivity contribution < 1.29 is 9.53 Å². The third-order valence-electron chi connectivity index (χ3n) is 4.74. The number of carbonyl (C=O) groups is 1. The maximum Gasteiger partial charge on any atom is 0.231 e. The molecule has 1 aromatic heterocycles. The molecule has 2 aromatic carbocycles. The molecule has 6 nitrogen and oxygen atoms in total. The average Bonchev–Trinajstić information content (AvgIpc) is 2.92. The van der Waals surface area contributed by atoms with Crippen LogP contribution < -0.4 is 15.8 Å². The number of carbonyl (C=O) groups excluding carboxylic acids is 1. The highest BCUT2D eigenvalue weighted by Crippen LogP contribution is 2.37. The predicted molar refractivity (Wildman–Crippen MR) is 100 cm³/mol. The van der Waals surface area contributed by atoms with Crippen LogP contribution in [0.25, 0.3) is 11.0 Å². The van der Waals surface area contributed by atoms with Crippen molar-refractivity contribution in [3.63, 3.8) is 0 Å². The topological polar surface area (TPSA) is 82.2 Å². The second kappa shape index (κ2) is 7.17. The van der Waals surface area contributed by atoms with Gasteiger partial charge in [-0.05, 0) is 43.5 Å². The van der Waals surface area contributed by atoms with Crippen LogP contribution in [0.3, 0.4) is 0 Å². The molecule has 1 amide bonds. The number of primary amides is 1. The minimum Gasteiger partial charge on any atom is -0.457 e. The molecule has 0 saturated heterocycles. The van der Waals surface area contributed by atoms with Gasteiger partial charge in [-0.15, -0.1) is 0 Å². The summed E-state index contributed by atoms with van der Waals surface area (Å²) in [6.45, 7) is 0.666. The fraction of sp³-hybridized carbons (Fsp3) is 0.300. The molecule has 0 atom stereocenters. The van der Waals surface area contributed by atoms with E-state index in [0.717, 1.165) is 41.2 Å². The maximum absolute atomic E-state index is 11.0. The summed E-state index contributed by atoms with van der Waals surface area (Å²) < 4.78 is 8.26. The number of imidazole rings is 1. The summed E-state index contributed by atoms with van der Waals surface area (Å²) in [5.41, 5.74) is 7.22. The van der Waals surface area contributed by atoms with Crippen molar-refractivity contribution in [2.75, 3.05) is 6.54 Å². The molecule has 1 aliphatic carbocycles. The van der Waals surface area contributed by atoms with Gasteiger partial charge in [-0.1, -0.05) is 18.2 Å². The molecule has 0 radical (unpaired) electrons. The Labute approximate surface area is 152 Å². The highest BCUT2D eigenvalue weighted by molar-refractivity contribution is 5.78. The number of benzene rings is 2.